The second-order valence-electron chi connectivity index (χ2n) is 9.15. The second-order valence-corrected chi connectivity index (χ2v) is 9.15. The van der Waals surface area contributed by atoms with Gasteiger partial charge in [0.2, 0.25) is 0 Å². The first kappa shape index (κ1) is 21.3. The molecule has 0 bridgehead atoms. The molecule has 0 aromatic carbocycles. The zero-order valence-corrected chi connectivity index (χ0v) is 16.9. The maximum atomic E-state index is 11.0. The van der Waals surface area contributed by atoms with Crippen molar-refractivity contribution in [1.82, 2.24) is 0 Å². The van der Waals surface area contributed by atoms with Crippen LogP contribution in [0.4, 0.5) is 0 Å². The van der Waals surface area contributed by atoms with Crippen LogP contribution in [-0.4, -0.2) is 33.0 Å². The number of unbranched alkanes of at least 4 members (excludes halogenated alkanes) is 1. The summed E-state index contributed by atoms with van der Waals surface area (Å²) in [5.41, 5.74) is 0.610. The fourth-order valence-corrected chi connectivity index (χ4v) is 5.68. The van der Waals surface area contributed by atoms with Crippen LogP contribution < -0.4 is 0 Å². The highest BCUT2D eigenvalue weighted by Gasteiger charge is 2.43. The Labute approximate surface area is 169 Å². The molecule has 1 unspecified atom stereocenters. The van der Waals surface area contributed by atoms with Crippen LogP contribution in [0.1, 0.15) is 70.6 Å². The first-order valence-corrected chi connectivity index (χ1v) is 11.0. The fourth-order valence-electron chi connectivity index (χ4n) is 5.68. The third-order valence-corrected chi connectivity index (χ3v) is 7.31. The second kappa shape index (κ2) is 9.41. The topological polar surface area (TPSA) is 77.8 Å². The number of carbonyl (C=O) groups is 1. The van der Waals surface area contributed by atoms with E-state index in [4.69, 9.17) is 5.11 Å². The summed E-state index contributed by atoms with van der Waals surface area (Å²) in [7, 11) is 0. The van der Waals surface area contributed by atoms with Gasteiger partial charge in [-0.3, -0.25) is 4.79 Å². The van der Waals surface area contributed by atoms with Gasteiger partial charge in [-0.05, 0) is 69.1 Å². The van der Waals surface area contributed by atoms with E-state index in [1.54, 1.807) is 6.08 Å². The molecule has 0 aromatic rings. The minimum Gasteiger partial charge on any atom is -0.481 e. The first-order chi connectivity index (χ1) is 13.4. The molecular weight excluding hydrogens is 352 g/mol. The molecule has 0 amide bonds. The van der Waals surface area contributed by atoms with Crippen molar-refractivity contribution in [2.45, 2.75) is 82.3 Å². The van der Waals surface area contributed by atoms with Gasteiger partial charge in [0.1, 0.15) is 0 Å². The smallest absolute Gasteiger partial charge is 0.303 e. The summed E-state index contributed by atoms with van der Waals surface area (Å²) >= 11 is 0. The summed E-state index contributed by atoms with van der Waals surface area (Å²) in [6.07, 6.45) is 17.8. The van der Waals surface area contributed by atoms with E-state index < -0.39 is 11.6 Å². The van der Waals surface area contributed by atoms with E-state index in [1.807, 2.05) is 0 Å². The van der Waals surface area contributed by atoms with Crippen LogP contribution in [0.15, 0.2) is 36.5 Å². The summed E-state index contributed by atoms with van der Waals surface area (Å²) in [6.45, 7) is 3.87. The number of carboxylic acids is 1. The Balaban J connectivity index is 1.52. The maximum absolute atomic E-state index is 11.0. The Morgan fingerprint density at radius 2 is 2.04 bits per heavy atom. The summed E-state index contributed by atoms with van der Waals surface area (Å²) in [5, 5.41) is 30.2. The molecule has 4 heteroatoms. The van der Waals surface area contributed by atoms with Gasteiger partial charge >= 0.3 is 5.97 Å². The van der Waals surface area contributed by atoms with Crippen LogP contribution in [0.25, 0.3) is 0 Å². The number of aliphatic carboxylic acids is 1. The van der Waals surface area contributed by atoms with E-state index in [2.05, 4.69) is 24.8 Å². The SMILES string of the molecule is C=CC(O)(C/C=C/[C@H]1[C@H]2CC(CCCCC(=O)O)=C[C@H]2C[C@H]1O)C1CCCC1. The molecule has 3 aliphatic carbocycles. The maximum Gasteiger partial charge on any atom is 0.303 e. The van der Waals surface area contributed by atoms with Gasteiger partial charge in [-0.15, -0.1) is 6.58 Å². The lowest BCUT2D eigenvalue weighted by Crippen LogP contribution is -2.33. The number of allylic oxidation sites excluding steroid dienone is 2. The summed E-state index contributed by atoms with van der Waals surface area (Å²) in [6, 6.07) is 0. The predicted octanol–water partition coefficient (Wildman–Crippen LogP) is 4.63. The van der Waals surface area contributed by atoms with Gasteiger partial charge < -0.3 is 15.3 Å². The van der Waals surface area contributed by atoms with E-state index in [9.17, 15) is 15.0 Å². The monoisotopic (exact) mass is 388 g/mol. The van der Waals surface area contributed by atoms with Crippen LogP contribution in [0, 0.1) is 23.7 Å². The standard InChI is InChI=1S/C24H36O4/c1-2-24(28,19-9-4-5-10-19)13-7-11-20-21-15-17(8-3-6-12-23(26)27)14-18(21)16-22(20)25/h2,7,11,14,18-22,25,28H,1,3-6,8-10,12-13,15-16H2,(H,26,27)/b11-7+/t18-,20-,21-,22+,24?/m0/s1. The lowest BCUT2D eigenvalue weighted by Gasteiger charge is -2.30. The first-order valence-electron chi connectivity index (χ1n) is 11.0. The van der Waals surface area contributed by atoms with Crippen LogP contribution >= 0.6 is 0 Å². The van der Waals surface area contributed by atoms with Crippen molar-refractivity contribution < 1.29 is 20.1 Å². The van der Waals surface area contributed by atoms with E-state index in [-0.39, 0.29) is 18.4 Å². The van der Waals surface area contributed by atoms with E-state index in [1.165, 1.54) is 18.4 Å². The number of fused-ring (bicyclic) bond motifs is 1. The fraction of sp³-hybridized carbons (Fsp3) is 0.708. The van der Waals surface area contributed by atoms with E-state index >= 15 is 0 Å². The highest BCUT2D eigenvalue weighted by atomic mass is 16.4. The van der Waals surface area contributed by atoms with Crippen molar-refractivity contribution in [2.75, 3.05) is 0 Å². The molecule has 0 saturated heterocycles. The Kier molecular flexibility index (Phi) is 7.16. The molecule has 0 aromatic heterocycles. The zero-order chi connectivity index (χ0) is 20.1. The van der Waals surface area contributed by atoms with Crippen LogP contribution in [0.3, 0.4) is 0 Å². The largest absolute Gasteiger partial charge is 0.481 e. The molecule has 5 atom stereocenters. The number of hydrogen-bond donors (Lipinski definition) is 3. The average molecular weight is 389 g/mol. The molecule has 3 rings (SSSR count). The van der Waals surface area contributed by atoms with Gasteiger partial charge in [-0.2, -0.15) is 0 Å². The number of carboxylic acid groups (broad SMARTS) is 1. The van der Waals surface area contributed by atoms with E-state index in [0.29, 0.717) is 24.2 Å². The van der Waals surface area contributed by atoms with Crippen LogP contribution in [0.2, 0.25) is 0 Å². The highest BCUT2D eigenvalue weighted by Crippen LogP contribution is 2.48. The molecule has 0 heterocycles. The number of aliphatic hydroxyl groups is 2. The highest BCUT2D eigenvalue weighted by molar-refractivity contribution is 5.66. The lowest BCUT2D eigenvalue weighted by atomic mass is 9.82. The Bertz CT molecular complexity index is 616. The van der Waals surface area contributed by atoms with Gasteiger partial charge in [0.15, 0.2) is 0 Å². The Hall–Kier alpha value is -1.39. The van der Waals surface area contributed by atoms with Gasteiger partial charge in [-0.1, -0.05) is 42.7 Å². The normalized spacial score (nSPS) is 32.4. The van der Waals surface area contributed by atoms with Crippen molar-refractivity contribution >= 4 is 5.97 Å². The lowest BCUT2D eigenvalue weighted by molar-refractivity contribution is -0.137. The quantitative estimate of drug-likeness (QED) is 0.377. The number of hydrogen-bond acceptors (Lipinski definition) is 3. The summed E-state index contributed by atoms with van der Waals surface area (Å²) in [4.78, 5) is 10.6. The molecule has 3 aliphatic rings. The van der Waals surface area contributed by atoms with Crippen LogP contribution in [-0.2, 0) is 4.79 Å². The van der Waals surface area contributed by atoms with Crippen molar-refractivity contribution in [3.05, 3.63) is 36.5 Å². The van der Waals surface area contributed by atoms with Crippen LogP contribution in [0.5, 0.6) is 0 Å². The average Bonchev–Trinajstić information content (AvgIpc) is 3.37. The third kappa shape index (κ3) is 4.96. The third-order valence-electron chi connectivity index (χ3n) is 7.31. The van der Waals surface area contributed by atoms with Gasteiger partial charge in [0.25, 0.3) is 0 Å². The number of aliphatic hydroxyl groups excluding tert-OH is 1. The van der Waals surface area contributed by atoms with Crippen molar-refractivity contribution in [3.8, 4) is 0 Å². The van der Waals surface area contributed by atoms with Gasteiger partial charge in [-0.25, -0.2) is 0 Å². The molecule has 3 N–H and O–H groups in total. The zero-order valence-electron chi connectivity index (χ0n) is 16.9. The predicted molar refractivity (Wildman–Crippen MR) is 111 cm³/mol. The molecule has 4 nitrogen and oxygen atoms in total. The Morgan fingerprint density at radius 1 is 1.29 bits per heavy atom. The van der Waals surface area contributed by atoms with Gasteiger partial charge in [0.05, 0.1) is 11.7 Å². The summed E-state index contributed by atoms with van der Waals surface area (Å²) in [5.74, 6) is 0.621. The minimum atomic E-state index is -0.820. The molecule has 156 valence electrons. The van der Waals surface area contributed by atoms with Crippen molar-refractivity contribution in [1.29, 1.82) is 0 Å². The minimum absolute atomic E-state index is 0.149. The van der Waals surface area contributed by atoms with Gasteiger partial charge in [0, 0.05) is 12.3 Å². The molecule has 2 fully saturated rings. The molecule has 0 radical (unpaired) electrons. The molecule has 0 spiro atoms. The van der Waals surface area contributed by atoms with E-state index in [0.717, 1.165) is 44.9 Å². The summed E-state index contributed by atoms with van der Waals surface area (Å²) < 4.78 is 0. The molecule has 28 heavy (non-hydrogen) atoms. The molecular formula is C24H36O4. The molecule has 2 saturated carbocycles. The number of rotatable bonds is 10. The van der Waals surface area contributed by atoms with Crippen molar-refractivity contribution in [3.63, 3.8) is 0 Å². The Morgan fingerprint density at radius 3 is 2.71 bits per heavy atom. The van der Waals surface area contributed by atoms with Crippen molar-refractivity contribution in [2.24, 2.45) is 23.7 Å². The molecule has 0 aliphatic heterocycles.